The van der Waals surface area contributed by atoms with E-state index in [1.54, 1.807) is 24.4 Å². The van der Waals surface area contributed by atoms with Gasteiger partial charge in [-0.1, -0.05) is 23.7 Å². The molecular weight excluding hydrogens is 352 g/mol. The Morgan fingerprint density at radius 1 is 1.42 bits per heavy atom. The molecule has 1 amide bonds. The number of para-hydroxylation sites is 1. The minimum atomic E-state index is -0.589. The Kier molecular flexibility index (Phi) is 4.55. The minimum absolute atomic E-state index is 0.0147. The number of furan rings is 1. The Bertz CT molecular complexity index is 931. The van der Waals surface area contributed by atoms with Crippen molar-refractivity contribution in [3.63, 3.8) is 0 Å². The SMILES string of the molecule is CC(=O)Nc1nc(COC(=O)c2oc3c(Cl)cccc3c2C)cs1. The molecule has 0 aliphatic rings. The van der Waals surface area contributed by atoms with Crippen molar-refractivity contribution in [2.45, 2.75) is 20.5 Å². The maximum absolute atomic E-state index is 12.3. The van der Waals surface area contributed by atoms with E-state index in [9.17, 15) is 9.59 Å². The lowest BCUT2D eigenvalue weighted by atomic mass is 10.1. The molecule has 3 aromatic rings. The number of anilines is 1. The molecule has 0 aliphatic heterocycles. The lowest BCUT2D eigenvalue weighted by Gasteiger charge is -2.01. The zero-order valence-electron chi connectivity index (χ0n) is 12.9. The summed E-state index contributed by atoms with van der Waals surface area (Å²) in [5.74, 6) is -0.674. The average molecular weight is 365 g/mol. The number of fused-ring (bicyclic) bond motifs is 1. The molecule has 0 saturated heterocycles. The van der Waals surface area contributed by atoms with Gasteiger partial charge in [-0.25, -0.2) is 9.78 Å². The molecule has 1 aromatic carbocycles. The number of carbonyl (C=O) groups excluding carboxylic acids is 2. The molecule has 3 rings (SSSR count). The van der Waals surface area contributed by atoms with Gasteiger partial charge in [-0.15, -0.1) is 11.3 Å². The van der Waals surface area contributed by atoms with E-state index in [2.05, 4.69) is 10.3 Å². The highest BCUT2D eigenvalue weighted by atomic mass is 35.5. The maximum atomic E-state index is 12.3. The van der Waals surface area contributed by atoms with Crippen molar-refractivity contribution in [1.29, 1.82) is 0 Å². The number of esters is 1. The van der Waals surface area contributed by atoms with Crippen molar-refractivity contribution in [2.75, 3.05) is 5.32 Å². The fourth-order valence-electron chi connectivity index (χ4n) is 2.19. The van der Waals surface area contributed by atoms with Gasteiger partial charge in [-0.3, -0.25) is 4.79 Å². The highest BCUT2D eigenvalue weighted by Crippen LogP contribution is 2.31. The van der Waals surface area contributed by atoms with Crippen LogP contribution in [0, 0.1) is 6.92 Å². The zero-order chi connectivity index (χ0) is 17.3. The number of carbonyl (C=O) groups is 2. The average Bonchev–Trinajstić information content (AvgIpc) is 3.10. The predicted molar refractivity (Wildman–Crippen MR) is 91.5 cm³/mol. The van der Waals surface area contributed by atoms with E-state index in [-0.39, 0.29) is 18.3 Å². The second kappa shape index (κ2) is 6.62. The summed E-state index contributed by atoms with van der Waals surface area (Å²) >= 11 is 7.33. The van der Waals surface area contributed by atoms with Gasteiger partial charge in [0.05, 0.1) is 10.7 Å². The number of nitrogens with one attached hydrogen (secondary N) is 1. The van der Waals surface area contributed by atoms with Gasteiger partial charge in [0.15, 0.2) is 10.7 Å². The van der Waals surface area contributed by atoms with Crippen LogP contribution in [0.1, 0.15) is 28.7 Å². The van der Waals surface area contributed by atoms with Crippen LogP contribution in [0.25, 0.3) is 11.0 Å². The van der Waals surface area contributed by atoms with Crippen LogP contribution >= 0.6 is 22.9 Å². The van der Waals surface area contributed by atoms with Gasteiger partial charge in [0.25, 0.3) is 0 Å². The number of nitrogens with zero attached hydrogens (tertiary/aromatic N) is 1. The van der Waals surface area contributed by atoms with Crippen LogP contribution in [-0.4, -0.2) is 16.9 Å². The van der Waals surface area contributed by atoms with Crippen LogP contribution in [0.5, 0.6) is 0 Å². The number of thiazole rings is 1. The Morgan fingerprint density at radius 3 is 2.92 bits per heavy atom. The predicted octanol–water partition coefficient (Wildman–Crippen LogP) is 4.17. The molecule has 0 saturated carbocycles. The van der Waals surface area contributed by atoms with Crippen LogP contribution in [0.15, 0.2) is 28.0 Å². The van der Waals surface area contributed by atoms with Gasteiger partial charge in [0.2, 0.25) is 11.7 Å². The van der Waals surface area contributed by atoms with Crippen LogP contribution in [0.3, 0.4) is 0 Å². The van der Waals surface area contributed by atoms with Crippen molar-refractivity contribution >= 4 is 50.9 Å². The lowest BCUT2D eigenvalue weighted by molar-refractivity contribution is -0.114. The summed E-state index contributed by atoms with van der Waals surface area (Å²) in [5.41, 5.74) is 1.68. The van der Waals surface area contributed by atoms with Gasteiger partial charge in [0.1, 0.15) is 6.61 Å². The molecule has 0 bridgehead atoms. The summed E-state index contributed by atoms with van der Waals surface area (Å²) in [6, 6.07) is 5.32. The Morgan fingerprint density at radius 2 is 2.21 bits per heavy atom. The molecule has 1 N–H and O–H groups in total. The van der Waals surface area contributed by atoms with Crippen molar-refractivity contribution in [3.8, 4) is 0 Å². The van der Waals surface area contributed by atoms with E-state index >= 15 is 0 Å². The molecule has 0 radical (unpaired) electrons. The van der Waals surface area contributed by atoms with Crippen LogP contribution in [0.2, 0.25) is 5.02 Å². The molecule has 0 fully saturated rings. The number of ether oxygens (including phenoxy) is 1. The smallest absolute Gasteiger partial charge is 0.374 e. The monoisotopic (exact) mass is 364 g/mol. The van der Waals surface area contributed by atoms with Gasteiger partial charge >= 0.3 is 5.97 Å². The molecule has 0 aliphatic carbocycles. The summed E-state index contributed by atoms with van der Waals surface area (Å²) in [6.07, 6.45) is 0. The quantitative estimate of drug-likeness (QED) is 0.703. The first-order valence-corrected chi connectivity index (χ1v) is 8.28. The molecule has 0 atom stereocenters. The molecule has 0 spiro atoms. The summed E-state index contributed by atoms with van der Waals surface area (Å²) in [4.78, 5) is 27.4. The summed E-state index contributed by atoms with van der Waals surface area (Å²) in [7, 11) is 0. The Labute approximate surface area is 146 Å². The van der Waals surface area contributed by atoms with Gasteiger partial charge < -0.3 is 14.5 Å². The summed E-state index contributed by atoms with van der Waals surface area (Å²) in [6.45, 7) is 3.16. The number of amides is 1. The topological polar surface area (TPSA) is 81.4 Å². The van der Waals surface area contributed by atoms with E-state index in [1.807, 2.05) is 6.07 Å². The van der Waals surface area contributed by atoms with Crippen molar-refractivity contribution in [1.82, 2.24) is 4.98 Å². The molecule has 24 heavy (non-hydrogen) atoms. The molecule has 124 valence electrons. The third-order valence-electron chi connectivity index (χ3n) is 3.29. The highest BCUT2D eigenvalue weighted by molar-refractivity contribution is 7.13. The molecular formula is C16H13ClN2O4S. The van der Waals surface area contributed by atoms with Crippen LogP contribution in [0.4, 0.5) is 5.13 Å². The number of hydrogen-bond donors (Lipinski definition) is 1. The normalized spacial score (nSPS) is 10.8. The van der Waals surface area contributed by atoms with Gasteiger partial charge in [-0.05, 0) is 13.0 Å². The second-order valence-electron chi connectivity index (χ2n) is 5.07. The second-order valence-corrected chi connectivity index (χ2v) is 6.34. The van der Waals surface area contributed by atoms with Crippen LogP contribution in [-0.2, 0) is 16.1 Å². The highest BCUT2D eigenvalue weighted by Gasteiger charge is 2.20. The lowest BCUT2D eigenvalue weighted by Crippen LogP contribution is -2.07. The molecule has 2 heterocycles. The van der Waals surface area contributed by atoms with Crippen molar-refractivity contribution in [2.24, 2.45) is 0 Å². The molecule has 8 heteroatoms. The zero-order valence-corrected chi connectivity index (χ0v) is 14.5. The maximum Gasteiger partial charge on any atom is 0.374 e. The fraction of sp³-hybridized carbons (Fsp3) is 0.188. The van der Waals surface area contributed by atoms with Gasteiger partial charge in [-0.2, -0.15) is 0 Å². The summed E-state index contributed by atoms with van der Waals surface area (Å²) < 4.78 is 10.8. The third kappa shape index (κ3) is 3.27. The number of aryl methyl sites for hydroxylation is 1. The number of rotatable bonds is 4. The van der Waals surface area contributed by atoms with E-state index in [1.165, 1.54) is 18.3 Å². The standard InChI is InChI=1S/C16H13ClN2O4S/c1-8-11-4-3-5-12(17)14(11)23-13(8)15(21)22-6-10-7-24-16(19-10)18-9(2)20/h3-5,7H,6H2,1-2H3,(H,18,19,20). The third-order valence-corrected chi connectivity index (χ3v) is 4.39. The van der Waals surface area contributed by atoms with E-state index < -0.39 is 5.97 Å². The van der Waals surface area contributed by atoms with Crippen molar-refractivity contribution < 1.29 is 18.7 Å². The van der Waals surface area contributed by atoms with Crippen LogP contribution < -0.4 is 5.32 Å². The van der Waals surface area contributed by atoms with E-state index in [0.29, 0.717) is 27.0 Å². The van der Waals surface area contributed by atoms with E-state index in [4.69, 9.17) is 20.8 Å². The molecule has 2 aromatic heterocycles. The molecule has 6 nitrogen and oxygen atoms in total. The van der Waals surface area contributed by atoms with E-state index in [0.717, 1.165) is 5.39 Å². The van der Waals surface area contributed by atoms with Gasteiger partial charge in [0, 0.05) is 23.3 Å². The number of halogens is 1. The summed E-state index contributed by atoms with van der Waals surface area (Å²) in [5, 5.41) is 5.95. The first-order chi connectivity index (χ1) is 11.5. The number of hydrogen-bond acceptors (Lipinski definition) is 6. The fourth-order valence-corrected chi connectivity index (χ4v) is 3.14. The molecule has 0 unspecified atom stereocenters. The minimum Gasteiger partial charge on any atom is -0.453 e. The first kappa shape index (κ1) is 16.5. The number of benzene rings is 1. The number of aromatic nitrogens is 1. The Balaban J connectivity index is 1.73. The Hall–Kier alpha value is -2.38. The first-order valence-electron chi connectivity index (χ1n) is 7.02. The largest absolute Gasteiger partial charge is 0.453 e. The van der Waals surface area contributed by atoms with Crippen molar-refractivity contribution in [3.05, 3.63) is 45.6 Å².